The van der Waals surface area contributed by atoms with E-state index in [1.165, 1.54) is 51.4 Å². The second kappa shape index (κ2) is 13.2. The number of H-pyrrole nitrogens is 1. The summed E-state index contributed by atoms with van der Waals surface area (Å²) >= 11 is 0. The lowest BCUT2D eigenvalue weighted by Gasteiger charge is -2.08. The number of cyclic esters (lactones) is 1. The highest BCUT2D eigenvalue weighted by atomic mass is 16.8. The number of carbonyl (C=O) groups is 2. The molecule has 0 aliphatic carbocycles. The zero-order valence-electron chi connectivity index (χ0n) is 17.7. The molecule has 2 rings (SSSR count). The third-order valence-corrected chi connectivity index (χ3v) is 4.93. The molecule has 1 N–H and O–H groups in total. The van der Waals surface area contributed by atoms with Crippen LogP contribution in [0.5, 0.6) is 5.75 Å². The number of nitrogens with one attached hydrogen (secondary N) is 1. The van der Waals surface area contributed by atoms with E-state index in [-0.39, 0.29) is 6.61 Å². The maximum absolute atomic E-state index is 12.0. The van der Waals surface area contributed by atoms with Gasteiger partial charge in [0.2, 0.25) is 6.29 Å². The van der Waals surface area contributed by atoms with E-state index in [1.807, 2.05) is 0 Å². The van der Waals surface area contributed by atoms with Gasteiger partial charge >= 0.3 is 11.9 Å². The molecule has 1 aromatic rings. The standard InChI is InChI=1S/C22H35NO6/c1-3-4-5-6-7-8-9-10-11-12-13-26-18-14-19(23-15-18)22(25)27-16-20-28-17(2)21(24)29-20/h14-15,17,20,23H,3-13,16H2,1-2H3. The lowest BCUT2D eigenvalue weighted by molar-refractivity contribution is -0.146. The van der Waals surface area contributed by atoms with Crippen LogP contribution in [0.25, 0.3) is 0 Å². The molecule has 0 spiro atoms. The second-order valence-electron chi connectivity index (χ2n) is 7.52. The van der Waals surface area contributed by atoms with Crippen molar-refractivity contribution in [2.75, 3.05) is 13.2 Å². The van der Waals surface area contributed by atoms with E-state index < -0.39 is 24.3 Å². The first-order chi connectivity index (χ1) is 14.1. The van der Waals surface area contributed by atoms with Gasteiger partial charge in [-0.05, 0) is 13.3 Å². The first-order valence-electron chi connectivity index (χ1n) is 10.9. The van der Waals surface area contributed by atoms with Crippen molar-refractivity contribution in [3.8, 4) is 5.75 Å². The summed E-state index contributed by atoms with van der Waals surface area (Å²) in [5.41, 5.74) is 0.292. The van der Waals surface area contributed by atoms with Gasteiger partial charge in [-0.25, -0.2) is 9.59 Å². The van der Waals surface area contributed by atoms with Gasteiger partial charge in [0.1, 0.15) is 11.4 Å². The minimum Gasteiger partial charge on any atom is -0.492 e. The minimum atomic E-state index is -0.844. The van der Waals surface area contributed by atoms with E-state index in [9.17, 15) is 9.59 Å². The maximum atomic E-state index is 12.0. The maximum Gasteiger partial charge on any atom is 0.355 e. The van der Waals surface area contributed by atoms with Crippen LogP contribution in [0.1, 0.15) is 88.5 Å². The number of aromatic nitrogens is 1. The van der Waals surface area contributed by atoms with Crippen molar-refractivity contribution in [1.82, 2.24) is 4.98 Å². The summed E-state index contributed by atoms with van der Waals surface area (Å²) in [6.07, 6.45) is 13.0. The Hall–Kier alpha value is -2.02. The molecule has 1 saturated heterocycles. The Kier molecular flexibility index (Phi) is 10.6. The van der Waals surface area contributed by atoms with Crippen LogP contribution < -0.4 is 4.74 Å². The first-order valence-corrected chi connectivity index (χ1v) is 10.9. The molecule has 29 heavy (non-hydrogen) atoms. The Labute approximate surface area is 173 Å². The molecule has 0 bridgehead atoms. The molecular formula is C22H35NO6. The molecule has 7 heteroatoms. The van der Waals surface area contributed by atoms with Crippen LogP contribution in [-0.4, -0.2) is 42.5 Å². The molecule has 0 saturated carbocycles. The Bertz CT molecular complexity index is 614. The van der Waals surface area contributed by atoms with Gasteiger partial charge in [-0.1, -0.05) is 64.7 Å². The van der Waals surface area contributed by atoms with Crippen molar-refractivity contribution in [2.24, 2.45) is 0 Å². The van der Waals surface area contributed by atoms with Crippen molar-refractivity contribution < 1.29 is 28.5 Å². The van der Waals surface area contributed by atoms with Crippen LogP contribution in [0.2, 0.25) is 0 Å². The normalized spacial score (nSPS) is 18.6. The number of hydrogen-bond donors (Lipinski definition) is 1. The topological polar surface area (TPSA) is 86.9 Å². The molecule has 2 heterocycles. The predicted octanol–water partition coefficient (Wildman–Crippen LogP) is 4.76. The Morgan fingerprint density at radius 2 is 1.72 bits per heavy atom. The van der Waals surface area contributed by atoms with Crippen LogP contribution >= 0.6 is 0 Å². The fourth-order valence-corrected chi connectivity index (χ4v) is 3.19. The van der Waals surface area contributed by atoms with Crippen molar-refractivity contribution in [3.05, 3.63) is 18.0 Å². The molecule has 2 unspecified atom stereocenters. The summed E-state index contributed by atoms with van der Waals surface area (Å²) in [6, 6.07) is 1.61. The molecule has 1 fully saturated rings. The van der Waals surface area contributed by atoms with E-state index in [1.54, 1.807) is 19.2 Å². The highest BCUT2D eigenvalue weighted by Crippen LogP contribution is 2.17. The van der Waals surface area contributed by atoms with Gasteiger partial charge in [-0.2, -0.15) is 0 Å². The zero-order valence-corrected chi connectivity index (χ0v) is 17.7. The van der Waals surface area contributed by atoms with Gasteiger partial charge in [0.25, 0.3) is 0 Å². The van der Waals surface area contributed by atoms with E-state index in [2.05, 4.69) is 11.9 Å². The fourth-order valence-electron chi connectivity index (χ4n) is 3.19. The minimum absolute atomic E-state index is 0.136. The van der Waals surface area contributed by atoms with Crippen LogP contribution in [0.4, 0.5) is 0 Å². The Balaban J connectivity index is 1.50. The lowest BCUT2D eigenvalue weighted by atomic mass is 10.1. The summed E-state index contributed by atoms with van der Waals surface area (Å²) < 4.78 is 20.9. The van der Waals surface area contributed by atoms with Gasteiger partial charge in [0.05, 0.1) is 6.61 Å². The Morgan fingerprint density at radius 1 is 1.07 bits per heavy atom. The molecule has 1 aliphatic heterocycles. The van der Waals surface area contributed by atoms with Crippen molar-refractivity contribution in [2.45, 2.75) is 90.4 Å². The summed E-state index contributed by atoms with van der Waals surface area (Å²) in [5.74, 6) is -0.378. The number of rotatable bonds is 15. The molecular weight excluding hydrogens is 374 g/mol. The number of hydrogen-bond acceptors (Lipinski definition) is 6. The molecule has 2 atom stereocenters. The van der Waals surface area contributed by atoms with Crippen LogP contribution in [0, 0.1) is 0 Å². The van der Waals surface area contributed by atoms with Gasteiger partial charge < -0.3 is 23.9 Å². The molecule has 7 nitrogen and oxygen atoms in total. The number of ether oxygens (including phenoxy) is 4. The summed E-state index contributed by atoms with van der Waals surface area (Å²) in [4.78, 5) is 26.1. The van der Waals surface area contributed by atoms with E-state index >= 15 is 0 Å². The number of carbonyl (C=O) groups excluding carboxylic acids is 2. The molecule has 1 aliphatic rings. The SMILES string of the molecule is CCCCCCCCCCCCOc1c[nH]c(C(=O)OCC2OC(=O)C(C)O2)c1. The largest absolute Gasteiger partial charge is 0.492 e. The number of esters is 2. The van der Waals surface area contributed by atoms with Gasteiger partial charge in [0, 0.05) is 12.3 Å². The average molecular weight is 410 g/mol. The van der Waals surface area contributed by atoms with Crippen LogP contribution in [0.3, 0.4) is 0 Å². The summed E-state index contributed by atoms with van der Waals surface area (Å²) in [7, 11) is 0. The predicted molar refractivity (Wildman–Crippen MR) is 109 cm³/mol. The van der Waals surface area contributed by atoms with Crippen molar-refractivity contribution >= 4 is 11.9 Å². The molecule has 0 amide bonds. The number of unbranched alkanes of at least 4 members (excludes halogenated alkanes) is 9. The molecule has 1 aromatic heterocycles. The Morgan fingerprint density at radius 3 is 2.34 bits per heavy atom. The van der Waals surface area contributed by atoms with Crippen LogP contribution in [0.15, 0.2) is 12.3 Å². The van der Waals surface area contributed by atoms with Gasteiger partial charge in [-0.3, -0.25) is 0 Å². The van der Waals surface area contributed by atoms with Crippen LogP contribution in [-0.2, 0) is 19.0 Å². The third-order valence-electron chi connectivity index (χ3n) is 4.93. The molecule has 164 valence electrons. The van der Waals surface area contributed by atoms with Crippen molar-refractivity contribution in [1.29, 1.82) is 0 Å². The summed E-state index contributed by atoms with van der Waals surface area (Å²) in [6.45, 7) is 4.33. The fraction of sp³-hybridized carbons (Fsp3) is 0.727. The lowest BCUT2D eigenvalue weighted by Crippen LogP contribution is -2.20. The molecule has 0 radical (unpaired) electrons. The van der Waals surface area contributed by atoms with Gasteiger partial charge in [-0.15, -0.1) is 0 Å². The third kappa shape index (κ3) is 8.90. The monoisotopic (exact) mass is 409 g/mol. The zero-order chi connectivity index (χ0) is 20.9. The van der Waals surface area contributed by atoms with E-state index in [4.69, 9.17) is 18.9 Å². The second-order valence-corrected chi connectivity index (χ2v) is 7.52. The van der Waals surface area contributed by atoms with E-state index in [0.29, 0.717) is 18.1 Å². The highest BCUT2D eigenvalue weighted by Gasteiger charge is 2.32. The smallest absolute Gasteiger partial charge is 0.355 e. The average Bonchev–Trinajstić information content (AvgIpc) is 3.31. The highest BCUT2D eigenvalue weighted by molar-refractivity contribution is 5.88. The summed E-state index contributed by atoms with van der Waals surface area (Å²) in [5, 5.41) is 0. The number of aromatic amines is 1. The van der Waals surface area contributed by atoms with Gasteiger partial charge in [0.15, 0.2) is 12.7 Å². The van der Waals surface area contributed by atoms with E-state index in [0.717, 1.165) is 12.8 Å². The van der Waals surface area contributed by atoms with Crippen molar-refractivity contribution in [3.63, 3.8) is 0 Å². The first kappa shape index (κ1) is 23.3. The molecule has 0 aromatic carbocycles. The quantitative estimate of drug-likeness (QED) is 0.332.